The first-order valence-electron chi connectivity index (χ1n) is 5.17. The first kappa shape index (κ1) is 11.0. The van der Waals surface area contributed by atoms with Crippen LogP contribution < -0.4 is 5.56 Å². The number of aromatic nitrogens is 2. The summed E-state index contributed by atoms with van der Waals surface area (Å²) in [6, 6.07) is 0. The van der Waals surface area contributed by atoms with Gasteiger partial charge in [-0.25, -0.2) is 0 Å². The van der Waals surface area contributed by atoms with E-state index in [0.717, 1.165) is 12.8 Å². The van der Waals surface area contributed by atoms with Crippen molar-refractivity contribution in [3.63, 3.8) is 0 Å². The van der Waals surface area contributed by atoms with Crippen molar-refractivity contribution in [1.29, 1.82) is 0 Å². The molecule has 1 heterocycles. The van der Waals surface area contributed by atoms with Gasteiger partial charge in [-0.15, -0.1) is 0 Å². The van der Waals surface area contributed by atoms with Crippen molar-refractivity contribution in [2.75, 3.05) is 0 Å². The van der Waals surface area contributed by atoms with Crippen LogP contribution in [0.1, 0.15) is 32.9 Å². The second kappa shape index (κ2) is 4.94. The molecule has 1 aromatic rings. The Kier molecular flexibility index (Phi) is 3.86. The molecular formula is C11H18N2O. The van der Waals surface area contributed by atoms with Gasteiger partial charge >= 0.3 is 0 Å². The highest BCUT2D eigenvalue weighted by Crippen LogP contribution is 2.17. The summed E-state index contributed by atoms with van der Waals surface area (Å²) in [5.74, 6) is 1.15. The summed E-state index contributed by atoms with van der Waals surface area (Å²) in [5, 5.41) is 0. The molecule has 0 saturated heterocycles. The lowest BCUT2D eigenvalue weighted by atomic mass is 9.89. The van der Waals surface area contributed by atoms with E-state index < -0.39 is 0 Å². The van der Waals surface area contributed by atoms with E-state index in [1.54, 1.807) is 12.4 Å². The quantitative estimate of drug-likeness (QED) is 0.796. The number of hydrogen-bond acceptors (Lipinski definition) is 2. The van der Waals surface area contributed by atoms with Crippen LogP contribution in [0.25, 0.3) is 0 Å². The number of aromatic amines is 1. The number of rotatable bonds is 4. The van der Waals surface area contributed by atoms with Crippen LogP contribution in [0, 0.1) is 11.8 Å². The third kappa shape index (κ3) is 2.69. The highest BCUT2D eigenvalue weighted by atomic mass is 16.1. The zero-order valence-corrected chi connectivity index (χ0v) is 9.08. The minimum Gasteiger partial charge on any atom is -0.326 e. The molecule has 0 fully saturated rings. The minimum atomic E-state index is -0.0494. The van der Waals surface area contributed by atoms with E-state index in [9.17, 15) is 4.79 Å². The monoisotopic (exact) mass is 194 g/mol. The number of H-pyrrole nitrogens is 1. The summed E-state index contributed by atoms with van der Waals surface area (Å²) in [6.45, 7) is 6.53. The number of nitrogens with zero attached hydrogens (tertiary/aromatic N) is 1. The van der Waals surface area contributed by atoms with E-state index in [2.05, 4.69) is 30.7 Å². The Hall–Kier alpha value is -1.12. The van der Waals surface area contributed by atoms with Gasteiger partial charge in [-0.3, -0.25) is 9.78 Å². The second-order valence-electron chi connectivity index (χ2n) is 3.98. The van der Waals surface area contributed by atoms with Crippen molar-refractivity contribution in [1.82, 2.24) is 9.97 Å². The molecule has 1 N–H and O–H groups in total. The fourth-order valence-corrected chi connectivity index (χ4v) is 1.63. The van der Waals surface area contributed by atoms with Crippen LogP contribution in [0.5, 0.6) is 0 Å². The fraction of sp³-hybridized carbons (Fsp3) is 0.636. The molecule has 0 aliphatic carbocycles. The lowest BCUT2D eigenvalue weighted by Gasteiger charge is -2.17. The van der Waals surface area contributed by atoms with Gasteiger partial charge in [-0.05, 0) is 18.3 Å². The van der Waals surface area contributed by atoms with Gasteiger partial charge < -0.3 is 4.98 Å². The molecule has 0 radical (unpaired) electrons. The van der Waals surface area contributed by atoms with Crippen molar-refractivity contribution < 1.29 is 0 Å². The molecular weight excluding hydrogens is 176 g/mol. The van der Waals surface area contributed by atoms with E-state index in [1.807, 2.05) is 0 Å². The Balaban J connectivity index is 2.77. The van der Waals surface area contributed by atoms with Gasteiger partial charge in [0, 0.05) is 12.4 Å². The van der Waals surface area contributed by atoms with Gasteiger partial charge in [-0.1, -0.05) is 27.2 Å². The first-order chi connectivity index (χ1) is 6.65. The molecule has 1 rings (SSSR count). The molecule has 1 atom stereocenters. The average molecular weight is 194 g/mol. The van der Waals surface area contributed by atoms with Gasteiger partial charge in [0.2, 0.25) is 0 Å². The lowest BCUT2D eigenvalue weighted by molar-refractivity contribution is 0.366. The van der Waals surface area contributed by atoms with Crippen molar-refractivity contribution in [2.45, 2.75) is 33.6 Å². The lowest BCUT2D eigenvalue weighted by Crippen LogP contribution is -2.20. The Bertz CT molecular complexity index is 330. The van der Waals surface area contributed by atoms with Crippen molar-refractivity contribution in [2.24, 2.45) is 11.8 Å². The Labute approximate surface area is 84.6 Å². The zero-order valence-electron chi connectivity index (χ0n) is 9.08. The third-order valence-electron chi connectivity index (χ3n) is 2.70. The Morgan fingerprint density at radius 1 is 1.50 bits per heavy atom. The SMILES string of the molecule is CC[C@H](Cc1ncc[nH]c1=O)C(C)C. The first-order valence-corrected chi connectivity index (χ1v) is 5.17. The van der Waals surface area contributed by atoms with Crippen LogP contribution in [0.15, 0.2) is 17.2 Å². The maximum atomic E-state index is 11.4. The molecule has 78 valence electrons. The highest BCUT2D eigenvalue weighted by Gasteiger charge is 2.14. The van der Waals surface area contributed by atoms with Gasteiger partial charge in [0.1, 0.15) is 5.69 Å². The Morgan fingerprint density at radius 2 is 2.21 bits per heavy atom. The summed E-state index contributed by atoms with van der Waals surface area (Å²) in [7, 11) is 0. The van der Waals surface area contributed by atoms with Crippen LogP contribution in [0.2, 0.25) is 0 Å². The predicted molar refractivity (Wildman–Crippen MR) is 57.2 cm³/mol. The van der Waals surface area contributed by atoms with Crippen LogP contribution >= 0.6 is 0 Å². The maximum absolute atomic E-state index is 11.4. The van der Waals surface area contributed by atoms with E-state index in [0.29, 0.717) is 17.5 Å². The molecule has 0 aromatic carbocycles. The van der Waals surface area contributed by atoms with E-state index in [-0.39, 0.29) is 5.56 Å². The summed E-state index contributed by atoms with van der Waals surface area (Å²) < 4.78 is 0. The van der Waals surface area contributed by atoms with Crippen LogP contribution in [-0.2, 0) is 6.42 Å². The summed E-state index contributed by atoms with van der Waals surface area (Å²) in [6.07, 6.45) is 5.09. The molecule has 0 amide bonds. The Morgan fingerprint density at radius 3 is 2.71 bits per heavy atom. The summed E-state index contributed by atoms with van der Waals surface area (Å²) >= 11 is 0. The van der Waals surface area contributed by atoms with Crippen LogP contribution in [0.3, 0.4) is 0 Å². The van der Waals surface area contributed by atoms with Gasteiger partial charge in [0.15, 0.2) is 0 Å². The molecule has 14 heavy (non-hydrogen) atoms. The van der Waals surface area contributed by atoms with Gasteiger partial charge in [0.05, 0.1) is 0 Å². The normalized spacial score (nSPS) is 13.1. The summed E-state index contributed by atoms with van der Waals surface area (Å²) in [4.78, 5) is 18.1. The van der Waals surface area contributed by atoms with E-state index >= 15 is 0 Å². The molecule has 0 bridgehead atoms. The molecule has 0 spiro atoms. The fourth-order valence-electron chi connectivity index (χ4n) is 1.63. The molecule has 0 saturated carbocycles. The highest BCUT2D eigenvalue weighted by molar-refractivity contribution is 4.97. The van der Waals surface area contributed by atoms with E-state index in [1.165, 1.54) is 0 Å². The summed E-state index contributed by atoms with van der Waals surface area (Å²) in [5.41, 5.74) is 0.611. The zero-order chi connectivity index (χ0) is 10.6. The smallest absolute Gasteiger partial charge is 0.269 e. The van der Waals surface area contributed by atoms with E-state index in [4.69, 9.17) is 0 Å². The topological polar surface area (TPSA) is 45.8 Å². The minimum absolute atomic E-state index is 0.0494. The van der Waals surface area contributed by atoms with Crippen molar-refractivity contribution >= 4 is 0 Å². The maximum Gasteiger partial charge on any atom is 0.269 e. The van der Waals surface area contributed by atoms with Gasteiger partial charge in [-0.2, -0.15) is 0 Å². The number of hydrogen-bond donors (Lipinski definition) is 1. The third-order valence-corrected chi connectivity index (χ3v) is 2.70. The molecule has 0 aliphatic rings. The van der Waals surface area contributed by atoms with Crippen LogP contribution in [0.4, 0.5) is 0 Å². The van der Waals surface area contributed by atoms with Gasteiger partial charge in [0.25, 0.3) is 5.56 Å². The predicted octanol–water partition coefficient (Wildman–Crippen LogP) is 1.99. The largest absolute Gasteiger partial charge is 0.326 e. The van der Waals surface area contributed by atoms with Crippen LogP contribution in [-0.4, -0.2) is 9.97 Å². The molecule has 3 heteroatoms. The average Bonchev–Trinajstić information content (AvgIpc) is 2.16. The molecule has 0 aliphatic heterocycles. The second-order valence-corrected chi connectivity index (χ2v) is 3.98. The molecule has 1 aromatic heterocycles. The number of nitrogens with one attached hydrogen (secondary N) is 1. The molecule has 3 nitrogen and oxygen atoms in total. The molecule has 0 unspecified atom stereocenters. The standard InChI is InChI=1S/C11H18N2O/c1-4-9(8(2)3)7-10-11(14)13-6-5-12-10/h5-6,8-9H,4,7H2,1-3H3,(H,13,14)/t9-/m1/s1. The van der Waals surface area contributed by atoms with Crippen molar-refractivity contribution in [3.8, 4) is 0 Å². The van der Waals surface area contributed by atoms with Crippen molar-refractivity contribution in [3.05, 3.63) is 28.4 Å².